The van der Waals surface area contributed by atoms with Gasteiger partial charge in [-0.3, -0.25) is 9.80 Å². The van der Waals surface area contributed by atoms with Gasteiger partial charge in [-0.15, -0.1) is 0 Å². The highest BCUT2D eigenvalue weighted by Gasteiger charge is 2.38. The van der Waals surface area contributed by atoms with Crippen molar-refractivity contribution >= 4 is 5.97 Å². The van der Waals surface area contributed by atoms with E-state index in [1.807, 2.05) is 52.5 Å². The molecular weight excluding hydrogens is 216 g/mol. The number of likely N-dealkylation sites (N-methyl/N-ethyl adjacent to an activating group) is 2. The maximum Gasteiger partial charge on any atom is 0.339 e. The second-order valence-corrected chi connectivity index (χ2v) is 4.75. The third-order valence-electron chi connectivity index (χ3n) is 3.05. The van der Waals surface area contributed by atoms with Gasteiger partial charge in [-0.1, -0.05) is 18.2 Å². The molecule has 1 aromatic carbocycles. The summed E-state index contributed by atoms with van der Waals surface area (Å²) in [5.74, 6) is -0.223. The molecule has 0 amide bonds. The summed E-state index contributed by atoms with van der Waals surface area (Å²) >= 11 is 0. The Bertz CT molecular complexity index is 421. The molecule has 1 unspecified atom stereocenters. The molecule has 0 radical (unpaired) electrons. The molecule has 17 heavy (non-hydrogen) atoms. The highest BCUT2D eigenvalue weighted by Crippen LogP contribution is 2.34. The van der Waals surface area contributed by atoms with E-state index in [2.05, 4.69) is 9.80 Å². The number of carbonyl (C=O) groups excluding carboxylic acids is 1. The summed E-state index contributed by atoms with van der Waals surface area (Å²) in [5.41, 5.74) is 1.66. The molecule has 0 saturated heterocycles. The molecular formula is C13H18N2O2. The minimum atomic E-state index is -0.223. The standard InChI is InChI=1S/C13H18N2O2/c1-14(2)12(15(3)4)11-9-7-5-6-8-10(9)13(16)17-11/h5-8,11-12H,1-4H3. The van der Waals surface area contributed by atoms with Crippen molar-refractivity contribution in [2.24, 2.45) is 0 Å². The van der Waals surface area contributed by atoms with Crippen LogP contribution in [0, 0.1) is 0 Å². The lowest BCUT2D eigenvalue weighted by molar-refractivity contribution is -0.0219. The van der Waals surface area contributed by atoms with E-state index in [0.717, 1.165) is 5.56 Å². The first kappa shape index (κ1) is 12.1. The van der Waals surface area contributed by atoms with Crippen molar-refractivity contribution in [1.82, 2.24) is 9.80 Å². The van der Waals surface area contributed by atoms with Crippen LogP contribution in [0.4, 0.5) is 0 Å². The van der Waals surface area contributed by atoms with Crippen molar-refractivity contribution in [3.05, 3.63) is 35.4 Å². The van der Waals surface area contributed by atoms with Crippen LogP contribution >= 0.6 is 0 Å². The van der Waals surface area contributed by atoms with Gasteiger partial charge in [0.2, 0.25) is 0 Å². The highest BCUT2D eigenvalue weighted by atomic mass is 16.6. The number of benzene rings is 1. The predicted octanol–water partition coefficient (Wildman–Crippen LogP) is 1.35. The number of hydrogen-bond donors (Lipinski definition) is 0. The smallest absolute Gasteiger partial charge is 0.339 e. The molecule has 4 heteroatoms. The van der Waals surface area contributed by atoms with Gasteiger partial charge in [0.05, 0.1) is 5.56 Å². The third-order valence-corrected chi connectivity index (χ3v) is 3.05. The van der Waals surface area contributed by atoms with Crippen LogP contribution < -0.4 is 0 Å². The first-order chi connectivity index (χ1) is 8.02. The van der Waals surface area contributed by atoms with Crippen LogP contribution in [0.1, 0.15) is 22.0 Å². The van der Waals surface area contributed by atoms with Crippen LogP contribution in [0.3, 0.4) is 0 Å². The predicted molar refractivity (Wildman–Crippen MR) is 65.8 cm³/mol. The van der Waals surface area contributed by atoms with E-state index < -0.39 is 0 Å². The van der Waals surface area contributed by atoms with Crippen LogP contribution in [-0.4, -0.2) is 50.1 Å². The average Bonchev–Trinajstić information content (AvgIpc) is 2.56. The summed E-state index contributed by atoms with van der Waals surface area (Å²) in [6.07, 6.45) is -0.175. The quantitative estimate of drug-likeness (QED) is 0.584. The van der Waals surface area contributed by atoms with Crippen LogP contribution in [0.15, 0.2) is 24.3 Å². The number of hydrogen-bond acceptors (Lipinski definition) is 4. The number of esters is 1. The maximum atomic E-state index is 11.8. The van der Waals surface area contributed by atoms with Crippen molar-refractivity contribution < 1.29 is 9.53 Å². The lowest BCUT2D eigenvalue weighted by Gasteiger charge is -2.34. The van der Waals surface area contributed by atoms with Crippen molar-refractivity contribution in [2.75, 3.05) is 28.2 Å². The minimum absolute atomic E-state index is 0.0441. The van der Waals surface area contributed by atoms with Crippen molar-refractivity contribution in [3.63, 3.8) is 0 Å². The van der Waals surface area contributed by atoms with E-state index in [1.165, 1.54) is 0 Å². The van der Waals surface area contributed by atoms with Gasteiger partial charge in [-0.05, 0) is 34.3 Å². The molecule has 0 fully saturated rings. The van der Waals surface area contributed by atoms with E-state index in [4.69, 9.17) is 4.74 Å². The fourth-order valence-corrected chi connectivity index (χ4v) is 2.40. The van der Waals surface area contributed by atoms with Crippen molar-refractivity contribution in [3.8, 4) is 0 Å². The molecule has 0 aromatic heterocycles. The van der Waals surface area contributed by atoms with Crippen LogP contribution in [0.2, 0.25) is 0 Å². The van der Waals surface area contributed by atoms with Crippen molar-refractivity contribution in [1.29, 1.82) is 0 Å². The van der Waals surface area contributed by atoms with Crippen LogP contribution in [0.25, 0.3) is 0 Å². The number of rotatable bonds is 3. The number of nitrogens with zero attached hydrogens (tertiary/aromatic N) is 2. The zero-order chi connectivity index (χ0) is 12.6. The fourth-order valence-electron chi connectivity index (χ4n) is 2.40. The normalized spacial score (nSPS) is 19.0. The van der Waals surface area contributed by atoms with Gasteiger partial charge in [0.1, 0.15) is 6.17 Å². The lowest BCUT2D eigenvalue weighted by atomic mass is 10.0. The van der Waals surface area contributed by atoms with E-state index in [1.54, 1.807) is 0 Å². The van der Waals surface area contributed by atoms with Gasteiger partial charge < -0.3 is 4.74 Å². The maximum absolute atomic E-state index is 11.8. The first-order valence-electron chi connectivity index (χ1n) is 5.65. The summed E-state index contributed by atoms with van der Waals surface area (Å²) in [4.78, 5) is 15.9. The third kappa shape index (κ3) is 2.06. The highest BCUT2D eigenvalue weighted by molar-refractivity contribution is 5.94. The number of carbonyl (C=O) groups is 1. The monoisotopic (exact) mass is 234 g/mol. The van der Waals surface area contributed by atoms with E-state index in [9.17, 15) is 4.79 Å². The molecule has 1 atom stereocenters. The first-order valence-corrected chi connectivity index (χ1v) is 5.65. The molecule has 4 nitrogen and oxygen atoms in total. The van der Waals surface area contributed by atoms with Gasteiger partial charge in [0, 0.05) is 5.56 Å². The SMILES string of the molecule is CN(C)C(C1OC(=O)c2ccccc21)N(C)C. The Morgan fingerprint density at radius 2 is 1.71 bits per heavy atom. The minimum Gasteiger partial charge on any atom is -0.451 e. The molecule has 2 rings (SSSR count). The second kappa shape index (κ2) is 4.47. The molecule has 0 bridgehead atoms. The van der Waals surface area contributed by atoms with Gasteiger partial charge in [0.15, 0.2) is 6.10 Å². The Hall–Kier alpha value is -1.39. The Morgan fingerprint density at radius 1 is 1.12 bits per heavy atom. The molecule has 0 N–H and O–H groups in total. The number of ether oxygens (including phenoxy) is 1. The molecule has 0 aliphatic carbocycles. The molecule has 92 valence electrons. The Morgan fingerprint density at radius 3 is 2.29 bits per heavy atom. The van der Waals surface area contributed by atoms with Crippen molar-refractivity contribution in [2.45, 2.75) is 12.3 Å². The molecule has 1 aliphatic rings. The number of fused-ring (bicyclic) bond motifs is 1. The van der Waals surface area contributed by atoms with Gasteiger partial charge in [-0.25, -0.2) is 4.79 Å². The van der Waals surface area contributed by atoms with Gasteiger partial charge in [-0.2, -0.15) is 0 Å². The van der Waals surface area contributed by atoms with E-state index >= 15 is 0 Å². The topological polar surface area (TPSA) is 32.8 Å². The molecule has 1 heterocycles. The molecule has 0 saturated carbocycles. The van der Waals surface area contributed by atoms with E-state index in [0.29, 0.717) is 5.56 Å². The molecule has 0 spiro atoms. The summed E-state index contributed by atoms with van der Waals surface area (Å²) < 4.78 is 5.49. The van der Waals surface area contributed by atoms with Gasteiger partial charge >= 0.3 is 5.97 Å². The number of cyclic esters (lactones) is 1. The molecule has 1 aliphatic heterocycles. The summed E-state index contributed by atoms with van der Waals surface area (Å²) in [7, 11) is 7.94. The summed E-state index contributed by atoms with van der Waals surface area (Å²) in [6, 6.07) is 7.59. The Kier molecular flexibility index (Phi) is 3.17. The van der Waals surface area contributed by atoms with E-state index in [-0.39, 0.29) is 18.2 Å². The fraction of sp³-hybridized carbons (Fsp3) is 0.462. The zero-order valence-corrected chi connectivity index (χ0v) is 10.7. The Labute approximate surface area is 102 Å². The molecule has 1 aromatic rings. The lowest BCUT2D eigenvalue weighted by Crippen LogP contribution is -2.45. The Balaban J connectivity index is 2.39. The largest absolute Gasteiger partial charge is 0.451 e. The summed E-state index contributed by atoms with van der Waals surface area (Å²) in [6.45, 7) is 0. The van der Waals surface area contributed by atoms with Gasteiger partial charge in [0.25, 0.3) is 0 Å². The van der Waals surface area contributed by atoms with Crippen LogP contribution in [0.5, 0.6) is 0 Å². The second-order valence-electron chi connectivity index (χ2n) is 4.75. The zero-order valence-electron chi connectivity index (χ0n) is 10.7. The average molecular weight is 234 g/mol. The van der Waals surface area contributed by atoms with Crippen LogP contribution in [-0.2, 0) is 4.74 Å². The summed E-state index contributed by atoms with van der Waals surface area (Å²) in [5, 5.41) is 0.